The fraction of sp³-hybridized carbons (Fsp3) is 0.353. The van der Waals surface area contributed by atoms with E-state index in [0.717, 1.165) is 22.5 Å². The van der Waals surface area contributed by atoms with Crippen LogP contribution in [0.15, 0.2) is 51.9 Å². The highest BCUT2D eigenvalue weighted by Crippen LogP contribution is 2.32. The minimum Gasteiger partial charge on any atom is -0.366 e. The van der Waals surface area contributed by atoms with Crippen molar-refractivity contribution in [3.05, 3.63) is 47.6 Å². The zero-order chi connectivity index (χ0) is 16.8. The van der Waals surface area contributed by atoms with Gasteiger partial charge in [-0.05, 0) is 50.1 Å². The normalized spacial score (nSPS) is 23.8. The summed E-state index contributed by atoms with van der Waals surface area (Å²) in [6.45, 7) is 5.86. The van der Waals surface area contributed by atoms with Crippen LogP contribution in [0, 0.1) is 0 Å². The van der Waals surface area contributed by atoms with Gasteiger partial charge in [-0.1, -0.05) is 29.8 Å². The number of aliphatic imine (C=N–C) groups is 1. The van der Waals surface area contributed by atoms with Gasteiger partial charge in [-0.15, -0.1) is 0 Å². The number of hydrogen-bond acceptors (Lipinski definition) is 4. The van der Waals surface area contributed by atoms with Crippen molar-refractivity contribution < 1.29 is 8.42 Å². The molecule has 0 unspecified atom stereocenters. The van der Waals surface area contributed by atoms with E-state index >= 15 is 0 Å². The van der Waals surface area contributed by atoms with Gasteiger partial charge in [0.2, 0.25) is 0 Å². The van der Waals surface area contributed by atoms with Gasteiger partial charge in [0.25, 0.3) is 0 Å². The molecule has 0 aliphatic carbocycles. The number of nitrogens with one attached hydrogen (secondary N) is 1. The van der Waals surface area contributed by atoms with Gasteiger partial charge in [0.1, 0.15) is 5.84 Å². The van der Waals surface area contributed by atoms with Crippen LogP contribution in [0.2, 0.25) is 0 Å². The summed E-state index contributed by atoms with van der Waals surface area (Å²) in [7, 11) is -3.24. The number of benzene rings is 1. The van der Waals surface area contributed by atoms with Crippen molar-refractivity contribution >= 4 is 32.8 Å². The Morgan fingerprint density at radius 2 is 1.91 bits per heavy atom. The first-order chi connectivity index (χ1) is 10.7. The maximum atomic E-state index is 12.2. The first-order valence-electron chi connectivity index (χ1n) is 7.50. The number of sulfone groups is 1. The summed E-state index contributed by atoms with van der Waals surface area (Å²) < 4.78 is 24.4. The monoisotopic (exact) mass is 350 g/mol. The first kappa shape index (κ1) is 16.3. The molecule has 0 amide bonds. The molecule has 23 heavy (non-hydrogen) atoms. The molecule has 6 heteroatoms. The maximum absolute atomic E-state index is 12.2. The molecule has 3 rings (SSSR count). The summed E-state index contributed by atoms with van der Waals surface area (Å²) in [5.74, 6) is 0.791. The van der Waals surface area contributed by atoms with Crippen molar-refractivity contribution in [1.82, 2.24) is 5.32 Å². The molecule has 2 aliphatic heterocycles. The molecule has 0 aromatic heterocycles. The van der Waals surface area contributed by atoms with Crippen molar-refractivity contribution in [3.8, 4) is 0 Å². The zero-order valence-corrected chi connectivity index (χ0v) is 14.9. The van der Waals surface area contributed by atoms with Crippen LogP contribution in [0.25, 0.3) is 5.57 Å². The molecule has 1 atom stereocenters. The lowest BCUT2D eigenvalue weighted by Crippen LogP contribution is -2.25. The molecule has 4 nitrogen and oxygen atoms in total. The van der Waals surface area contributed by atoms with Gasteiger partial charge in [0.15, 0.2) is 14.8 Å². The molecule has 2 aliphatic rings. The predicted octanol–water partition coefficient (Wildman–Crippen LogP) is 3.15. The Morgan fingerprint density at radius 3 is 2.52 bits per heavy atom. The van der Waals surface area contributed by atoms with E-state index in [1.54, 1.807) is 26.0 Å². The number of nitrogens with zero attached hydrogens (tertiary/aromatic N) is 1. The third-order valence-corrected chi connectivity index (χ3v) is 6.43. The highest BCUT2D eigenvalue weighted by atomic mass is 35.5. The number of halogens is 1. The third-order valence-electron chi connectivity index (χ3n) is 4.05. The Balaban J connectivity index is 1.97. The van der Waals surface area contributed by atoms with E-state index in [9.17, 15) is 8.42 Å². The Hall–Kier alpha value is -1.59. The third kappa shape index (κ3) is 2.95. The lowest BCUT2D eigenvalue weighted by atomic mass is 10.00. The van der Waals surface area contributed by atoms with Gasteiger partial charge in [0.05, 0.1) is 10.1 Å². The molecule has 1 N–H and O–H groups in total. The van der Waals surface area contributed by atoms with Crippen LogP contribution in [0.4, 0.5) is 0 Å². The van der Waals surface area contributed by atoms with Crippen molar-refractivity contribution in [3.63, 3.8) is 0 Å². The Labute approximate surface area is 141 Å². The van der Waals surface area contributed by atoms with Crippen LogP contribution in [-0.4, -0.2) is 31.0 Å². The van der Waals surface area contributed by atoms with E-state index in [1.165, 1.54) is 0 Å². The van der Waals surface area contributed by atoms with Gasteiger partial charge >= 0.3 is 0 Å². The highest BCUT2D eigenvalue weighted by Gasteiger charge is 2.28. The number of amidine groups is 1. The second kappa shape index (κ2) is 5.49. The molecule has 0 fully saturated rings. The summed E-state index contributed by atoms with van der Waals surface area (Å²) in [5, 5.41) is 2.82. The Morgan fingerprint density at radius 1 is 1.26 bits per heavy atom. The molecule has 1 aromatic rings. The Bertz CT molecular complexity index is 832. The van der Waals surface area contributed by atoms with Gasteiger partial charge in [-0.25, -0.2) is 13.4 Å². The molecule has 122 valence electrons. The van der Waals surface area contributed by atoms with Gasteiger partial charge in [0, 0.05) is 12.1 Å². The van der Waals surface area contributed by atoms with Crippen LogP contribution in [0.3, 0.4) is 0 Å². The average Bonchev–Trinajstić information content (AvgIpc) is 2.88. The highest BCUT2D eigenvalue weighted by molar-refractivity contribution is 7.92. The smallest absolute Gasteiger partial charge is 0.180 e. The summed E-state index contributed by atoms with van der Waals surface area (Å²) in [4.78, 5) is 4.11. The van der Waals surface area contributed by atoms with Crippen molar-refractivity contribution in [2.75, 3.05) is 6.54 Å². The van der Waals surface area contributed by atoms with E-state index < -0.39 is 20.1 Å². The molecule has 0 saturated carbocycles. The average molecular weight is 351 g/mol. The van der Waals surface area contributed by atoms with E-state index in [0.29, 0.717) is 11.4 Å². The van der Waals surface area contributed by atoms with Crippen LogP contribution in [0.1, 0.15) is 26.3 Å². The molecular weight excluding hydrogens is 332 g/mol. The zero-order valence-electron chi connectivity index (χ0n) is 13.3. The fourth-order valence-corrected chi connectivity index (χ4v) is 3.86. The van der Waals surface area contributed by atoms with Crippen LogP contribution >= 0.6 is 11.6 Å². The summed E-state index contributed by atoms with van der Waals surface area (Å²) >= 11 is 6.23. The number of alkyl halides is 1. The molecule has 0 radical (unpaired) electrons. The van der Waals surface area contributed by atoms with Crippen molar-refractivity contribution in [2.24, 2.45) is 4.99 Å². The standard InChI is InChI=1S/C17H19ClN2O2S/c1-11(2)23(21,22)13-6-4-12(5-7-13)15-10-19-16-14(15)8-9-17(3,18)20-16/h4-9,11H,10H2,1-3H3,(H,19,20)/t17-/m0/s1. The molecule has 2 heterocycles. The second-order valence-electron chi connectivity index (χ2n) is 6.18. The summed E-state index contributed by atoms with van der Waals surface area (Å²) in [6.07, 6.45) is 3.83. The predicted molar refractivity (Wildman–Crippen MR) is 94.5 cm³/mol. The number of dihydropyridines is 1. The topological polar surface area (TPSA) is 58.5 Å². The lowest BCUT2D eigenvalue weighted by molar-refractivity contribution is 0.587. The molecule has 0 saturated heterocycles. The van der Waals surface area contributed by atoms with Gasteiger partial charge in [-0.3, -0.25) is 0 Å². The van der Waals surface area contributed by atoms with Gasteiger partial charge < -0.3 is 5.32 Å². The molecule has 1 aromatic carbocycles. The molecule has 0 spiro atoms. The number of hydrogen-bond donors (Lipinski definition) is 1. The molecule has 0 bridgehead atoms. The minimum absolute atomic E-state index is 0.356. The lowest BCUT2D eigenvalue weighted by Gasteiger charge is -2.18. The quantitative estimate of drug-likeness (QED) is 0.673. The number of fused-ring (bicyclic) bond motifs is 1. The van der Waals surface area contributed by atoms with E-state index in [1.807, 2.05) is 31.2 Å². The fourth-order valence-electron chi connectivity index (χ4n) is 2.65. The maximum Gasteiger partial charge on any atom is 0.180 e. The molecular formula is C17H19ClN2O2S. The SMILES string of the molecule is CC(C)S(=O)(=O)c1ccc(C2=C3C=C[C@@](C)(Cl)N=C3NC2)cc1. The minimum atomic E-state index is -3.24. The largest absolute Gasteiger partial charge is 0.366 e. The summed E-state index contributed by atoms with van der Waals surface area (Å²) in [5.41, 5.74) is 3.10. The first-order valence-corrected chi connectivity index (χ1v) is 9.43. The number of rotatable bonds is 3. The van der Waals surface area contributed by atoms with Crippen molar-refractivity contribution in [1.29, 1.82) is 0 Å². The summed E-state index contributed by atoms with van der Waals surface area (Å²) in [6, 6.07) is 7.05. The van der Waals surface area contributed by atoms with Crippen LogP contribution < -0.4 is 5.32 Å². The van der Waals surface area contributed by atoms with Crippen LogP contribution in [0.5, 0.6) is 0 Å². The van der Waals surface area contributed by atoms with E-state index in [4.69, 9.17) is 11.6 Å². The van der Waals surface area contributed by atoms with Crippen molar-refractivity contribution in [2.45, 2.75) is 35.9 Å². The van der Waals surface area contributed by atoms with E-state index in [-0.39, 0.29) is 0 Å². The second-order valence-corrected chi connectivity index (χ2v) is 9.45. The Kier molecular flexibility index (Phi) is 3.89. The van der Waals surface area contributed by atoms with E-state index in [2.05, 4.69) is 10.3 Å². The van der Waals surface area contributed by atoms with Crippen LogP contribution in [-0.2, 0) is 9.84 Å². The van der Waals surface area contributed by atoms with Gasteiger partial charge in [-0.2, -0.15) is 0 Å².